The molecule has 0 aromatic heterocycles. The molecule has 2 N–H and O–H groups in total. The third-order valence-corrected chi connectivity index (χ3v) is 5.18. The Morgan fingerprint density at radius 1 is 1.30 bits per heavy atom. The zero-order valence-corrected chi connectivity index (χ0v) is 13.4. The molecule has 5 heteroatoms. The summed E-state index contributed by atoms with van der Waals surface area (Å²) in [6.45, 7) is 0.0709. The van der Waals surface area contributed by atoms with Gasteiger partial charge in [0.25, 0.3) is 0 Å². The van der Waals surface area contributed by atoms with Crippen LogP contribution in [0.5, 0.6) is 0 Å². The number of rotatable bonds is 4. The Bertz CT molecular complexity index is 707. The minimum absolute atomic E-state index is 0.0709. The summed E-state index contributed by atoms with van der Waals surface area (Å²) in [5, 5.41) is 12.6. The van der Waals surface area contributed by atoms with Crippen molar-refractivity contribution in [3.8, 4) is 0 Å². The lowest BCUT2D eigenvalue weighted by atomic mass is 10.0. The molecule has 120 valence electrons. The van der Waals surface area contributed by atoms with Gasteiger partial charge in [-0.05, 0) is 41.0 Å². The number of aliphatic hydroxyl groups excluding tert-OH is 1. The van der Waals surface area contributed by atoms with E-state index in [1.165, 1.54) is 17.7 Å². The molecule has 3 rings (SSSR count). The van der Waals surface area contributed by atoms with E-state index in [1.807, 2.05) is 18.2 Å². The minimum Gasteiger partial charge on any atom is -0.387 e. The second-order valence-electron chi connectivity index (χ2n) is 5.52. The molecule has 3 nitrogen and oxygen atoms in total. The van der Waals surface area contributed by atoms with Crippen molar-refractivity contribution in [3.63, 3.8) is 0 Å². The number of aliphatic hydroxyl groups is 1. The first-order valence-electron chi connectivity index (χ1n) is 7.56. The zero-order valence-electron chi connectivity index (χ0n) is 12.5. The van der Waals surface area contributed by atoms with Crippen LogP contribution in [0.1, 0.15) is 28.0 Å². The smallest absolute Gasteiger partial charge is 0.237 e. The maximum absolute atomic E-state index is 13.2. The monoisotopic (exact) mass is 331 g/mol. The summed E-state index contributed by atoms with van der Waals surface area (Å²) in [6, 6.07) is 13.7. The van der Waals surface area contributed by atoms with Gasteiger partial charge >= 0.3 is 0 Å². The van der Waals surface area contributed by atoms with E-state index in [-0.39, 0.29) is 17.7 Å². The summed E-state index contributed by atoms with van der Waals surface area (Å²) in [5.41, 5.74) is 2.71. The molecule has 0 saturated carbocycles. The van der Waals surface area contributed by atoms with E-state index in [2.05, 4.69) is 11.4 Å². The number of benzene rings is 2. The fourth-order valence-corrected chi connectivity index (χ4v) is 3.95. The number of fused-ring (bicyclic) bond motifs is 1. The molecular weight excluding hydrogens is 313 g/mol. The lowest BCUT2D eigenvalue weighted by Crippen LogP contribution is -2.33. The van der Waals surface area contributed by atoms with E-state index in [0.29, 0.717) is 5.56 Å². The van der Waals surface area contributed by atoms with Crippen molar-refractivity contribution < 1.29 is 14.3 Å². The summed E-state index contributed by atoms with van der Waals surface area (Å²) in [7, 11) is 0. The predicted molar refractivity (Wildman–Crippen MR) is 89.7 cm³/mol. The van der Waals surface area contributed by atoms with Crippen LogP contribution in [0.15, 0.2) is 48.5 Å². The molecule has 1 amide bonds. The third-order valence-electron chi connectivity index (χ3n) is 3.93. The Kier molecular flexibility index (Phi) is 4.98. The number of amides is 1. The van der Waals surface area contributed by atoms with E-state index >= 15 is 0 Å². The first-order valence-corrected chi connectivity index (χ1v) is 8.60. The van der Waals surface area contributed by atoms with Gasteiger partial charge in [0.05, 0.1) is 6.10 Å². The summed E-state index contributed by atoms with van der Waals surface area (Å²) >= 11 is 1.61. The molecule has 0 saturated heterocycles. The molecule has 1 aliphatic heterocycles. The fraction of sp³-hybridized carbons (Fsp3) is 0.278. The van der Waals surface area contributed by atoms with Crippen LogP contribution in [-0.4, -0.2) is 23.3 Å². The summed E-state index contributed by atoms with van der Waals surface area (Å²) in [6.07, 6.45) is 0.0507. The molecule has 0 radical (unpaired) electrons. The van der Waals surface area contributed by atoms with Crippen molar-refractivity contribution in [1.29, 1.82) is 0 Å². The maximum Gasteiger partial charge on any atom is 0.237 e. The van der Waals surface area contributed by atoms with Crippen LogP contribution < -0.4 is 5.32 Å². The average molecular weight is 331 g/mol. The summed E-state index contributed by atoms with van der Waals surface area (Å²) in [5.74, 6) is 0.393. The van der Waals surface area contributed by atoms with Crippen molar-refractivity contribution in [2.24, 2.45) is 0 Å². The minimum atomic E-state index is -0.918. The second-order valence-corrected chi connectivity index (χ2v) is 6.73. The number of carbonyl (C=O) groups excluding carboxylic acids is 1. The number of carbonyl (C=O) groups is 1. The van der Waals surface area contributed by atoms with Gasteiger partial charge in [-0.25, -0.2) is 4.39 Å². The average Bonchev–Trinajstić information content (AvgIpc) is 2.59. The van der Waals surface area contributed by atoms with Crippen LogP contribution in [0.25, 0.3) is 0 Å². The highest BCUT2D eigenvalue weighted by atomic mass is 32.2. The van der Waals surface area contributed by atoms with Gasteiger partial charge in [-0.2, -0.15) is 0 Å². The first kappa shape index (κ1) is 16.0. The zero-order chi connectivity index (χ0) is 16.2. The van der Waals surface area contributed by atoms with Crippen molar-refractivity contribution >= 4 is 17.7 Å². The molecule has 23 heavy (non-hydrogen) atoms. The van der Waals surface area contributed by atoms with E-state index < -0.39 is 11.9 Å². The molecule has 2 atom stereocenters. The predicted octanol–water partition coefficient (Wildman–Crippen LogP) is 3.01. The molecule has 2 aromatic carbocycles. The van der Waals surface area contributed by atoms with Gasteiger partial charge in [0.1, 0.15) is 11.1 Å². The second kappa shape index (κ2) is 7.15. The number of nitrogens with one attached hydrogen (secondary N) is 1. The summed E-state index contributed by atoms with van der Waals surface area (Å²) in [4.78, 5) is 12.4. The molecule has 0 spiro atoms. The Labute approximate surface area is 138 Å². The van der Waals surface area contributed by atoms with Crippen LogP contribution in [0, 0.1) is 5.82 Å². The lowest BCUT2D eigenvalue weighted by molar-refractivity contribution is -0.121. The van der Waals surface area contributed by atoms with E-state index in [4.69, 9.17) is 0 Å². The van der Waals surface area contributed by atoms with Gasteiger partial charge in [0.2, 0.25) is 5.91 Å². The van der Waals surface area contributed by atoms with Gasteiger partial charge < -0.3 is 10.4 Å². The Hall–Kier alpha value is -1.85. The van der Waals surface area contributed by atoms with Crippen molar-refractivity contribution in [2.75, 3.05) is 12.3 Å². The van der Waals surface area contributed by atoms with Crippen LogP contribution >= 0.6 is 11.8 Å². The van der Waals surface area contributed by atoms with E-state index in [9.17, 15) is 14.3 Å². The molecule has 0 unspecified atom stereocenters. The number of thioether (sulfide) groups is 1. The molecule has 2 aromatic rings. The Morgan fingerprint density at radius 3 is 2.96 bits per heavy atom. The van der Waals surface area contributed by atoms with E-state index in [0.717, 1.165) is 17.7 Å². The molecule has 0 bridgehead atoms. The van der Waals surface area contributed by atoms with Gasteiger partial charge in [-0.15, -0.1) is 11.8 Å². The van der Waals surface area contributed by atoms with Gasteiger partial charge in [0.15, 0.2) is 0 Å². The SMILES string of the molecule is O=C(NC[C@H](O)c1cccc(F)c1)[C@H]1SCCc2ccccc21. The van der Waals surface area contributed by atoms with Crippen LogP contribution in [0.4, 0.5) is 4.39 Å². The van der Waals surface area contributed by atoms with Crippen molar-refractivity contribution in [3.05, 3.63) is 71.0 Å². The standard InChI is InChI=1S/C18H18FNO2S/c19-14-6-3-5-13(10-14)16(21)11-20-18(22)17-15-7-2-1-4-12(15)8-9-23-17/h1-7,10,16-17,21H,8-9,11H2,(H,20,22)/t16-,17-/m0/s1. The fourth-order valence-electron chi connectivity index (χ4n) is 2.73. The maximum atomic E-state index is 13.2. The Morgan fingerprint density at radius 2 is 2.13 bits per heavy atom. The van der Waals surface area contributed by atoms with Crippen molar-refractivity contribution in [2.45, 2.75) is 17.8 Å². The summed E-state index contributed by atoms with van der Waals surface area (Å²) < 4.78 is 13.2. The van der Waals surface area contributed by atoms with Gasteiger partial charge in [-0.3, -0.25) is 4.79 Å². The largest absolute Gasteiger partial charge is 0.387 e. The highest BCUT2D eigenvalue weighted by Gasteiger charge is 2.27. The van der Waals surface area contributed by atoms with Gasteiger partial charge in [0, 0.05) is 6.54 Å². The molecule has 1 heterocycles. The number of hydrogen-bond acceptors (Lipinski definition) is 3. The molecule has 0 fully saturated rings. The lowest BCUT2D eigenvalue weighted by Gasteiger charge is -2.24. The molecule has 0 aliphatic carbocycles. The number of aryl methyl sites for hydroxylation is 1. The topological polar surface area (TPSA) is 49.3 Å². The number of halogens is 1. The molecular formula is C18H18FNO2S. The normalized spacial score (nSPS) is 18.1. The van der Waals surface area contributed by atoms with Gasteiger partial charge in [-0.1, -0.05) is 36.4 Å². The highest BCUT2D eigenvalue weighted by Crippen LogP contribution is 2.36. The quantitative estimate of drug-likeness (QED) is 0.905. The Balaban J connectivity index is 1.64. The third kappa shape index (κ3) is 3.74. The van der Waals surface area contributed by atoms with Crippen LogP contribution in [0.3, 0.4) is 0 Å². The number of hydrogen-bond donors (Lipinski definition) is 2. The first-order chi connectivity index (χ1) is 11.1. The van der Waals surface area contributed by atoms with Crippen LogP contribution in [0.2, 0.25) is 0 Å². The molecule has 1 aliphatic rings. The highest BCUT2D eigenvalue weighted by molar-refractivity contribution is 8.00. The van der Waals surface area contributed by atoms with E-state index in [1.54, 1.807) is 23.9 Å². The van der Waals surface area contributed by atoms with Crippen molar-refractivity contribution in [1.82, 2.24) is 5.32 Å². The van der Waals surface area contributed by atoms with Crippen LogP contribution in [-0.2, 0) is 11.2 Å².